The Morgan fingerprint density at radius 3 is 2.58 bits per heavy atom. The van der Waals surface area contributed by atoms with Gasteiger partial charge in [0.15, 0.2) is 0 Å². The van der Waals surface area contributed by atoms with Crippen molar-refractivity contribution in [3.05, 3.63) is 83.9 Å². The summed E-state index contributed by atoms with van der Waals surface area (Å²) >= 11 is 0. The first kappa shape index (κ1) is 17.5. The van der Waals surface area contributed by atoms with Crippen LogP contribution >= 0.6 is 0 Å². The molecule has 26 heavy (non-hydrogen) atoms. The van der Waals surface area contributed by atoms with Crippen molar-refractivity contribution in [3.8, 4) is 0 Å². The van der Waals surface area contributed by atoms with Gasteiger partial charge >= 0.3 is 0 Å². The number of benzene rings is 1. The minimum atomic E-state index is -0.108. The Hall–Kier alpha value is -3.28. The molecular weight excluding hydrogens is 326 g/mol. The molecule has 0 unspecified atom stereocenters. The molecule has 0 fully saturated rings. The van der Waals surface area contributed by atoms with E-state index in [0.717, 1.165) is 11.1 Å². The van der Waals surface area contributed by atoms with Gasteiger partial charge in [-0.2, -0.15) is 0 Å². The van der Waals surface area contributed by atoms with Crippen molar-refractivity contribution in [1.29, 1.82) is 0 Å². The summed E-state index contributed by atoms with van der Waals surface area (Å²) < 4.78 is 0. The lowest BCUT2D eigenvalue weighted by molar-refractivity contribution is 0.0746. The van der Waals surface area contributed by atoms with Crippen LogP contribution in [0.4, 0.5) is 5.95 Å². The predicted octanol–water partition coefficient (Wildman–Crippen LogP) is 3.15. The highest BCUT2D eigenvalue weighted by molar-refractivity contribution is 5.92. The molecule has 3 aromatic rings. The maximum Gasteiger partial charge on any atom is 0.272 e. The van der Waals surface area contributed by atoms with E-state index in [1.807, 2.05) is 49.4 Å². The number of hydrogen-bond acceptors (Lipinski definition) is 5. The summed E-state index contributed by atoms with van der Waals surface area (Å²) in [5.41, 5.74) is 2.49. The first-order valence-corrected chi connectivity index (χ1v) is 8.55. The first-order chi connectivity index (χ1) is 12.8. The van der Waals surface area contributed by atoms with Crippen molar-refractivity contribution < 1.29 is 4.79 Å². The number of hydrogen-bond donors (Lipinski definition) is 1. The van der Waals surface area contributed by atoms with E-state index in [0.29, 0.717) is 31.3 Å². The van der Waals surface area contributed by atoms with Gasteiger partial charge in [0.05, 0.1) is 0 Å². The number of amides is 1. The first-order valence-electron chi connectivity index (χ1n) is 8.55. The normalized spacial score (nSPS) is 10.3. The van der Waals surface area contributed by atoms with Gasteiger partial charge in [-0.05, 0) is 30.2 Å². The second-order valence-electron chi connectivity index (χ2n) is 5.79. The molecule has 132 valence electrons. The third-order valence-corrected chi connectivity index (χ3v) is 3.93. The third kappa shape index (κ3) is 4.63. The molecule has 6 heteroatoms. The molecule has 0 radical (unpaired) electrons. The Morgan fingerprint density at radius 2 is 1.85 bits per heavy atom. The molecule has 2 aromatic heterocycles. The lowest BCUT2D eigenvalue weighted by Crippen LogP contribution is -2.31. The van der Waals surface area contributed by atoms with Gasteiger partial charge in [-0.1, -0.05) is 36.4 Å². The van der Waals surface area contributed by atoms with E-state index in [9.17, 15) is 4.79 Å². The summed E-state index contributed by atoms with van der Waals surface area (Å²) in [5, 5.41) is 3.13. The molecule has 2 heterocycles. The number of nitrogens with one attached hydrogen (secondary N) is 1. The number of aromatic nitrogens is 3. The quantitative estimate of drug-likeness (QED) is 0.711. The van der Waals surface area contributed by atoms with Crippen LogP contribution in [0.25, 0.3) is 0 Å². The average molecular weight is 347 g/mol. The van der Waals surface area contributed by atoms with Crippen molar-refractivity contribution in [2.24, 2.45) is 0 Å². The van der Waals surface area contributed by atoms with Crippen molar-refractivity contribution in [1.82, 2.24) is 19.9 Å². The lowest BCUT2D eigenvalue weighted by atomic mass is 10.2. The van der Waals surface area contributed by atoms with Gasteiger partial charge in [-0.15, -0.1) is 0 Å². The Kier molecular flexibility index (Phi) is 5.88. The standard InChI is InChI=1S/C20H21N5O/c1-2-25(15-16-7-4-3-5-8-16)19(26)18-10-12-22-20(24-18)23-14-17-9-6-11-21-13-17/h3-13H,2,14-15H2,1H3,(H,22,23,24). The van der Waals surface area contributed by atoms with Gasteiger partial charge < -0.3 is 10.2 Å². The van der Waals surface area contributed by atoms with Gasteiger partial charge in [0.2, 0.25) is 5.95 Å². The fraction of sp³-hybridized carbons (Fsp3) is 0.200. The lowest BCUT2D eigenvalue weighted by Gasteiger charge is -2.20. The molecule has 0 saturated carbocycles. The van der Waals surface area contributed by atoms with Gasteiger partial charge in [-0.25, -0.2) is 9.97 Å². The smallest absolute Gasteiger partial charge is 0.272 e. The number of pyridine rings is 1. The summed E-state index contributed by atoms with van der Waals surface area (Å²) in [6.45, 7) is 3.67. The second-order valence-corrected chi connectivity index (χ2v) is 5.79. The molecular formula is C20H21N5O. The van der Waals surface area contributed by atoms with Crippen molar-refractivity contribution in [2.75, 3.05) is 11.9 Å². The predicted molar refractivity (Wildman–Crippen MR) is 100 cm³/mol. The van der Waals surface area contributed by atoms with E-state index >= 15 is 0 Å². The molecule has 3 rings (SSSR count). The van der Waals surface area contributed by atoms with Crippen LogP contribution in [0.5, 0.6) is 0 Å². The molecule has 0 aliphatic heterocycles. The Labute approximate surface area is 153 Å². The highest BCUT2D eigenvalue weighted by Gasteiger charge is 2.16. The maximum absolute atomic E-state index is 12.8. The van der Waals surface area contributed by atoms with Crippen LogP contribution < -0.4 is 5.32 Å². The summed E-state index contributed by atoms with van der Waals surface area (Å²) in [5.74, 6) is 0.318. The molecule has 0 aliphatic carbocycles. The second kappa shape index (κ2) is 8.71. The third-order valence-electron chi connectivity index (χ3n) is 3.93. The fourth-order valence-corrected chi connectivity index (χ4v) is 2.54. The fourth-order valence-electron chi connectivity index (χ4n) is 2.54. The Bertz CT molecular complexity index is 839. The van der Waals surface area contributed by atoms with Crippen molar-refractivity contribution in [2.45, 2.75) is 20.0 Å². The molecule has 1 aromatic carbocycles. The van der Waals surface area contributed by atoms with Crippen LogP contribution in [-0.2, 0) is 13.1 Å². The summed E-state index contributed by atoms with van der Waals surface area (Å²) in [7, 11) is 0. The summed E-state index contributed by atoms with van der Waals surface area (Å²) in [6.07, 6.45) is 5.11. The molecule has 1 amide bonds. The van der Waals surface area contributed by atoms with Gasteiger partial charge in [-0.3, -0.25) is 9.78 Å². The summed E-state index contributed by atoms with van der Waals surface area (Å²) in [4.78, 5) is 27.2. The van der Waals surface area contributed by atoms with E-state index in [2.05, 4.69) is 20.3 Å². The topological polar surface area (TPSA) is 71.0 Å². The van der Waals surface area contributed by atoms with E-state index in [-0.39, 0.29) is 5.91 Å². The van der Waals surface area contributed by atoms with Gasteiger partial charge in [0.1, 0.15) is 5.69 Å². The van der Waals surface area contributed by atoms with Crippen LogP contribution in [-0.4, -0.2) is 32.3 Å². The highest BCUT2D eigenvalue weighted by atomic mass is 16.2. The Morgan fingerprint density at radius 1 is 1.04 bits per heavy atom. The monoisotopic (exact) mass is 347 g/mol. The van der Waals surface area contributed by atoms with E-state index in [1.54, 1.807) is 29.6 Å². The van der Waals surface area contributed by atoms with Crippen LogP contribution in [0.15, 0.2) is 67.1 Å². The van der Waals surface area contributed by atoms with E-state index in [1.165, 1.54) is 0 Å². The number of carbonyl (C=O) groups is 1. The van der Waals surface area contributed by atoms with Gasteiger partial charge in [0, 0.05) is 38.2 Å². The molecule has 0 bridgehead atoms. The van der Waals surface area contributed by atoms with Crippen LogP contribution in [0.2, 0.25) is 0 Å². The molecule has 0 saturated heterocycles. The highest BCUT2D eigenvalue weighted by Crippen LogP contribution is 2.10. The number of rotatable bonds is 7. The van der Waals surface area contributed by atoms with Crippen LogP contribution in [0, 0.1) is 0 Å². The largest absolute Gasteiger partial charge is 0.350 e. The SMILES string of the molecule is CCN(Cc1ccccc1)C(=O)c1ccnc(NCc2cccnc2)n1. The van der Waals surface area contributed by atoms with Gasteiger partial charge in [0.25, 0.3) is 5.91 Å². The van der Waals surface area contributed by atoms with E-state index in [4.69, 9.17) is 0 Å². The minimum Gasteiger partial charge on any atom is -0.350 e. The van der Waals surface area contributed by atoms with Crippen molar-refractivity contribution >= 4 is 11.9 Å². The number of carbonyl (C=O) groups excluding carboxylic acids is 1. The molecule has 1 N–H and O–H groups in total. The summed E-state index contributed by atoms with van der Waals surface area (Å²) in [6, 6.07) is 15.4. The molecule has 0 aliphatic rings. The minimum absolute atomic E-state index is 0.108. The zero-order valence-corrected chi connectivity index (χ0v) is 14.7. The molecule has 0 spiro atoms. The zero-order chi connectivity index (χ0) is 18.2. The number of anilines is 1. The van der Waals surface area contributed by atoms with E-state index < -0.39 is 0 Å². The molecule has 0 atom stereocenters. The van der Waals surface area contributed by atoms with Crippen LogP contribution in [0.3, 0.4) is 0 Å². The molecule has 6 nitrogen and oxygen atoms in total. The maximum atomic E-state index is 12.8. The van der Waals surface area contributed by atoms with Crippen LogP contribution in [0.1, 0.15) is 28.5 Å². The number of nitrogens with zero attached hydrogens (tertiary/aromatic N) is 4. The zero-order valence-electron chi connectivity index (χ0n) is 14.7. The average Bonchev–Trinajstić information content (AvgIpc) is 2.72. The Balaban J connectivity index is 1.68. The van der Waals surface area contributed by atoms with Crippen molar-refractivity contribution in [3.63, 3.8) is 0 Å².